The number of halogens is 9. The van der Waals surface area contributed by atoms with E-state index < -0.39 is 76.3 Å². The quantitative estimate of drug-likeness (QED) is 0.0869. The molecule has 1 aromatic rings. The first kappa shape index (κ1) is 41.7. The minimum atomic E-state index is -6.94. The molecule has 0 spiro atoms. The maximum absolute atomic E-state index is 14.8. The van der Waals surface area contributed by atoms with Crippen molar-refractivity contribution in [1.29, 1.82) is 0 Å². The second-order valence-electron chi connectivity index (χ2n) is 13.7. The molecule has 0 saturated carbocycles. The Bertz CT molecular complexity index is 1050. The number of ether oxygens (including phenoxy) is 1. The molecule has 1 aromatic carbocycles. The van der Waals surface area contributed by atoms with E-state index in [0.717, 1.165) is 5.56 Å². The molecule has 0 amide bonds. The van der Waals surface area contributed by atoms with Crippen LogP contribution in [0.15, 0.2) is 43.0 Å². The molecule has 262 valence electrons. The Morgan fingerprint density at radius 1 is 0.800 bits per heavy atom. The van der Waals surface area contributed by atoms with Crippen molar-refractivity contribution >= 4 is 16.6 Å². The molecular weight excluding hydrogens is 647 g/mol. The minimum absolute atomic E-state index is 0.0450. The van der Waals surface area contributed by atoms with Crippen LogP contribution in [-0.4, -0.2) is 59.4 Å². The molecule has 0 saturated heterocycles. The highest BCUT2D eigenvalue weighted by Gasteiger charge is 2.81. The first-order chi connectivity index (χ1) is 20.2. The summed E-state index contributed by atoms with van der Waals surface area (Å²) in [7, 11) is -6.09. The lowest BCUT2D eigenvalue weighted by molar-refractivity contribution is -0.396. The van der Waals surface area contributed by atoms with Gasteiger partial charge in [-0.25, -0.2) is 0 Å². The summed E-state index contributed by atoms with van der Waals surface area (Å²) in [6.45, 7) is 20.5. The van der Waals surface area contributed by atoms with E-state index in [2.05, 4.69) is 6.58 Å². The Morgan fingerprint density at radius 3 is 1.73 bits per heavy atom. The molecular formula is C31H49F9O3Si2. The highest BCUT2D eigenvalue weighted by molar-refractivity contribution is 6.76. The van der Waals surface area contributed by atoms with E-state index in [9.17, 15) is 39.5 Å². The Kier molecular flexibility index (Phi) is 14.1. The highest BCUT2D eigenvalue weighted by atomic mass is 28.4. The summed E-state index contributed by atoms with van der Waals surface area (Å²) in [4.78, 5) is 0. The van der Waals surface area contributed by atoms with Gasteiger partial charge in [-0.05, 0) is 47.2 Å². The predicted molar refractivity (Wildman–Crippen MR) is 164 cm³/mol. The average Bonchev–Trinajstić information content (AvgIpc) is 2.89. The summed E-state index contributed by atoms with van der Waals surface area (Å²) >= 11 is 0. The van der Waals surface area contributed by atoms with Gasteiger partial charge in [-0.1, -0.05) is 84.9 Å². The van der Waals surface area contributed by atoms with Gasteiger partial charge < -0.3 is 13.6 Å². The van der Waals surface area contributed by atoms with E-state index in [0.29, 0.717) is 0 Å². The molecule has 2 atom stereocenters. The van der Waals surface area contributed by atoms with Crippen molar-refractivity contribution in [2.24, 2.45) is 0 Å². The van der Waals surface area contributed by atoms with Gasteiger partial charge in [-0.3, -0.25) is 0 Å². The number of benzene rings is 1. The normalized spacial score (nSPS) is 15.9. The van der Waals surface area contributed by atoms with Crippen molar-refractivity contribution in [3.05, 3.63) is 48.6 Å². The van der Waals surface area contributed by atoms with Crippen LogP contribution in [0.3, 0.4) is 0 Å². The summed E-state index contributed by atoms with van der Waals surface area (Å²) in [6, 6.07) is 8.35. The molecule has 1 rings (SSSR count). The molecule has 0 aliphatic rings. The second kappa shape index (κ2) is 15.2. The van der Waals surface area contributed by atoms with E-state index in [1.807, 2.05) is 64.2 Å². The third-order valence-corrected chi connectivity index (χ3v) is 19.1. The fourth-order valence-electron chi connectivity index (χ4n) is 4.77. The SMILES string of the molecule is C=CC[C@@H](OCc1ccccc1)[C@@H](CO[Si](C)(C)C(C)(C)C)O[Si](CCC(F)(F)C(F)(F)C(F)(F)C(F)(F)F)(C(C)C)C(C)C. The van der Waals surface area contributed by atoms with Crippen LogP contribution in [0, 0.1) is 0 Å². The second-order valence-corrected chi connectivity index (χ2v) is 23.5. The number of alkyl halides is 9. The van der Waals surface area contributed by atoms with Crippen LogP contribution in [0.2, 0.25) is 35.3 Å². The highest BCUT2D eigenvalue weighted by Crippen LogP contribution is 2.55. The molecule has 0 aromatic heterocycles. The Balaban J connectivity index is 3.58. The van der Waals surface area contributed by atoms with E-state index in [-0.39, 0.29) is 24.7 Å². The first-order valence-corrected chi connectivity index (χ1v) is 20.2. The van der Waals surface area contributed by atoms with Crippen LogP contribution in [0.4, 0.5) is 39.5 Å². The zero-order chi connectivity index (χ0) is 35.3. The van der Waals surface area contributed by atoms with E-state index in [4.69, 9.17) is 13.6 Å². The maximum Gasteiger partial charge on any atom is 0.460 e. The number of rotatable bonds is 18. The summed E-state index contributed by atoms with van der Waals surface area (Å²) in [6.07, 6.45) is -8.62. The van der Waals surface area contributed by atoms with Gasteiger partial charge in [0.15, 0.2) is 16.6 Å². The van der Waals surface area contributed by atoms with E-state index >= 15 is 0 Å². The van der Waals surface area contributed by atoms with Gasteiger partial charge in [-0.15, -0.1) is 6.58 Å². The molecule has 0 fully saturated rings. The molecule has 0 aliphatic carbocycles. The molecule has 0 unspecified atom stereocenters. The summed E-state index contributed by atoms with van der Waals surface area (Å²) < 4.78 is 143. The summed E-state index contributed by atoms with van der Waals surface area (Å²) in [5.74, 6) is -19.3. The fraction of sp³-hybridized carbons (Fsp3) is 0.742. The van der Waals surface area contributed by atoms with Crippen LogP contribution >= 0.6 is 0 Å². The molecule has 0 N–H and O–H groups in total. The topological polar surface area (TPSA) is 27.7 Å². The van der Waals surface area contributed by atoms with E-state index in [1.165, 1.54) is 0 Å². The molecule has 45 heavy (non-hydrogen) atoms. The monoisotopic (exact) mass is 696 g/mol. The molecule has 14 heteroatoms. The largest absolute Gasteiger partial charge is 0.460 e. The molecule has 0 aliphatic heterocycles. The number of hydrogen-bond donors (Lipinski definition) is 0. The zero-order valence-electron chi connectivity index (χ0n) is 27.6. The van der Waals surface area contributed by atoms with Crippen molar-refractivity contribution in [2.45, 2.75) is 139 Å². The maximum atomic E-state index is 14.8. The van der Waals surface area contributed by atoms with Gasteiger partial charge in [0.25, 0.3) is 0 Å². The predicted octanol–water partition coefficient (Wildman–Crippen LogP) is 11.2. The van der Waals surface area contributed by atoms with E-state index in [1.54, 1.807) is 33.8 Å². The van der Waals surface area contributed by atoms with Gasteiger partial charge in [0.1, 0.15) is 0 Å². The Morgan fingerprint density at radius 2 is 1.31 bits per heavy atom. The fourth-order valence-corrected chi connectivity index (χ4v) is 10.4. The lowest BCUT2D eigenvalue weighted by Crippen LogP contribution is -2.61. The van der Waals surface area contributed by atoms with Crippen molar-refractivity contribution in [3.8, 4) is 0 Å². The van der Waals surface area contributed by atoms with Crippen LogP contribution in [0.5, 0.6) is 0 Å². The first-order valence-electron chi connectivity index (χ1n) is 15.0. The molecule has 3 nitrogen and oxygen atoms in total. The minimum Gasteiger partial charge on any atom is -0.414 e. The summed E-state index contributed by atoms with van der Waals surface area (Å²) in [5, 5.41) is -0.224. The molecule has 0 radical (unpaired) electrons. The van der Waals surface area contributed by atoms with Gasteiger partial charge in [0, 0.05) is 6.42 Å². The molecule has 0 heterocycles. The van der Waals surface area contributed by atoms with Gasteiger partial charge in [-0.2, -0.15) is 39.5 Å². The summed E-state index contributed by atoms with van der Waals surface area (Å²) in [5.41, 5.74) is -0.225. The zero-order valence-corrected chi connectivity index (χ0v) is 29.6. The van der Waals surface area contributed by atoms with Crippen LogP contribution in [0.1, 0.15) is 66.9 Å². The smallest absolute Gasteiger partial charge is 0.414 e. The van der Waals surface area contributed by atoms with Crippen LogP contribution in [-0.2, 0) is 20.2 Å². The third-order valence-electron chi connectivity index (χ3n) is 8.90. The molecule has 0 bridgehead atoms. The average molecular weight is 697 g/mol. The lowest BCUT2D eigenvalue weighted by atomic mass is 10.0. The van der Waals surface area contributed by atoms with Gasteiger partial charge in [0.2, 0.25) is 0 Å². The Labute approximate surface area is 264 Å². The number of hydrogen-bond acceptors (Lipinski definition) is 3. The van der Waals surface area contributed by atoms with Crippen molar-refractivity contribution in [3.63, 3.8) is 0 Å². The Hall–Kier alpha value is -1.36. The van der Waals surface area contributed by atoms with Gasteiger partial charge >= 0.3 is 23.9 Å². The third kappa shape index (κ3) is 9.83. The lowest BCUT2D eigenvalue weighted by Gasteiger charge is -2.45. The van der Waals surface area contributed by atoms with Crippen molar-refractivity contribution in [2.75, 3.05) is 6.61 Å². The van der Waals surface area contributed by atoms with Crippen LogP contribution in [0.25, 0.3) is 0 Å². The van der Waals surface area contributed by atoms with Crippen molar-refractivity contribution < 1.29 is 53.1 Å². The standard InChI is InChI=1S/C31H49F9O3Si2/c1-11-15-25(41-20-24-16-13-12-14-17-24)26(21-42-44(9,10)27(6,7)8)43-45(22(2)3,23(4)5)19-18-28(32,33)29(34,35)30(36,37)31(38,39)40/h11-14,16-17,22-23,25-26H,1,15,18-21H2,2-10H3/t25-,26-/m1/s1. The van der Waals surface area contributed by atoms with Gasteiger partial charge in [0.05, 0.1) is 25.4 Å². The van der Waals surface area contributed by atoms with Crippen LogP contribution < -0.4 is 0 Å². The van der Waals surface area contributed by atoms with Crippen molar-refractivity contribution in [1.82, 2.24) is 0 Å².